The summed E-state index contributed by atoms with van der Waals surface area (Å²) in [6, 6.07) is 13.9. The van der Waals surface area contributed by atoms with E-state index in [1.54, 1.807) is 0 Å². The average Bonchev–Trinajstić information content (AvgIpc) is 3.10. The van der Waals surface area contributed by atoms with E-state index in [1.807, 2.05) is 6.07 Å². The topological polar surface area (TPSA) is 35.2 Å². The van der Waals surface area contributed by atoms with Gasteiger partial charge in [-0.2, -0.15) is 5.10 Å². The monoisotopic (exact) mass is 350 g/mol. The van der Waals surface area contributed by atoms with E-state index in [2.05, 4.69) is 44.5 Å². The van der Waals surface area contributed by atoms with Crippen molar-refractivity contribution in [3.05, 3.63) is 65.1 Å². The Morgan fingerprint density at radius 2 is 1.92 bits per heavy atom. The van der Waals surface area contributed by atoms with E-state index in [9.17, 15) is 4.39 Å². The molecule has 1 unspecified atom stereocenters. The molecule has 2 aliphatic heterocycles. The zero-order valence-corrected chi connectivity index (χ0v) is 14.8. The molecule has 5 heteroatoms. The van der Waals surface area contributed by atoms with Crippen LogP contribution in [0.5, 0.6) is 0 Å². The van der Waals surface area contributed by atoms with Crippen molar-refractivity contribution in [2.75, 3.05) is 13.1 Å². The summed E-state index contributed by atoms with van der Waals surface area (Å²) in [6.07, 6.45) is 4.63. The van der Waals surface area contributed by atoms with Gasteiger partial charge in [0.2, 0.25) is 0 Å². The number of hydrogen-bond donors (Lipinski definition) is 1. The SMILES string of the molecule is Fc1ccc2c(C3CCCCN3N3CCc4ccccc4C3)[nH]nc2c1. The fraction of sp³-hybridized carbons (Fsp3) is 0.381. The fourth-order valence-corrected chi connectivity index (χ4v) is 4.51. The second-order valence-electron chi connectivity index (χ2n) is 7.38. The zero-order valence-electron chi connectivity index (χ0n) is 14.8. The normalized spacial score (nSPS) is 21.8. The summed E-state index contributed by atoms with van der Waals surface area (Å²) in [5, 5.41) is 13.6. The van der Waals surface area contributed by atoms with Crippen molar-refractivity contribution in [1.29, 1.82) is 0 Å². The highest BCUT2D eigenvalue weighted by atomic mass is 19.1. The number of hydrazine groups is 1. The first-order chi connectivity index (χ1) is 12.8. The van der Waals surface area contributed by atoms with Crippen molar-refractivity contribution < 1.29 is 4.39 Å². The molecule has 2 aromatic carbocycles. The molecule has 1 atom stereocenters. The van der Waals surface area contributed by atoms with E-state index >= 15 is 0 Å². The van der Waals surface area contributed by atoms with Crippen LogP contribution in [-0.4, -0.2) is 33.3 Å². The van der Waals surface area contributed by atoms with Crippen LogP contribution in [0.25, 0.3) is 10.9 Å². The van der Waals surface area contributed by atoms with Gasteiger partial charge < -0.3 is 0 Å². The number of aromatic amines is 1. The Labute approximate surface area is 152 Å². The summed E-state index contributed by atoms with van der Waals surface area (Å²) < 4.78 is 13.5. The molecule has 1 fully saturated rings. The minimum atomic E-state index is -0.233. The van der Waals surface area contributed by atoms with Crippen LogP contribution in [0.1, 0.15) is 42.1 Å². The number of aromatic nitrogens is 2. The minimum absolute atomic E-state index is 0.233. The van der Waals surface area contributed by atoms with Gasteiger partial charge in [-0.05, 0) is 42.5 Å². The standard InChI is InChI=1S/C21H23FN4/c22-17-8-9-18-19(13-17)23-24-21(18)20-7-3-4-11-26(20)25-12-10-15-5-1-2-6-16(15)14-25/h1-2,5-6,8-9,13,20H,3-4,7,10-12,14H2,(H,23,24). The van der Waals surface area contributed by atoms with Crippen LogP contribution >= 0.6 is 0 Å². The average molecular weight is 350 g/mol. The Morgan fingerprint density at radius 3 is 2.85 bits per heavy atom. The highest BCUT2D eigenvalue weighted by molar-refractivity contribution is 5.81. The molecule has 3 heterocycles. The first-order valence-electron chi connectivity index (χ1n) is 9.51. The van der Waals surface area contributed by atoms with E-state index in [0.29, 0.717) is 0 Å². The quantitative estimate of drug-likeness (QED) is 0.752. The maximum Gasteiger partial charge on any atom is 0.125 e. The smallest absolute Gasteiger partial charge is 0.125 e. The molecule has 0 spiro atoms. The third kappa shape index (κ3) is 2.72. The first-order valence-corrected chi connectivity index (χ1v) is 9.51. The number of fused-ring (bicyclic) bond motifs is 2. The molecule has 0 amide bonds. The summed E-state index contributed by atoms with van der Waals surface area (Å²) in [5.74, 6) is -0.233. The lowest BCUT2D eigenvalue weighted by Crippen LogP contribution is -2.49. The Kier molecular flexibility index (Phi) is 3.98. The number of nitrogens with one attached hydrogen (secondary N) is 1. The van der Waals surface area contributed by atoms with E-state index in [0.717, 1.165) is 49.1 Å². The number of H-pyrrole nitrogens is 1. The lowest BCUT2D eigenvalue weighted by atomic mass is 9.97. The van der Waals surface area contributed by atoms with Gasteiger partial charge in [0, 0.05) is 31.1 Å². The van der Waals surface area contributed by atoms with Crippen molar-refractivity contribution in [3.63, 3.8) is 0 Å². The molecule has 2 aliphatic rings. The Bertz CT molecular complexity index is 935. The summed E-state index contributed by atoms with van der Waals surface area (Å²) in [7, 11) is 0. The maximum absolute atomic E-state index is 13.5. The number of halogens is 1. The van der Waals surface area contributed by atoms with Crippen LogP contribution < -0.4 is 0 Å². The second kappa shape index (κ2) is 6.49. The fourth-order valence-electron chi connectivity index (χ4n) is 4.51. The van der Waals surface area contributed by atoms with Gasteiger partial charge in [0.1, 0.15) is 5.82 Å². The van der Waals surface area contributed by atoms with Gasteiger partial charge in [0.05, 0.1) is 17.3 Å². The molecule has 3 aromatic rings. The molecule has 1 N–H and O–H groups in total. The summed E-state index contributed by atoms with van der Waals surface area (Å²) in [4.78, 5) is 0. The van der Waals surface area contributed by atoms with E-state index in [1.165, 1.54) is 36.1 Å². The van der Waals surface area contributed by atoms with Crippen LogP contribution in [0.2, 0.25) is 0 Å². The van der Waals surface area contributed by atoms with Crippen LogP contribution in [0, 0.1) is 5.82 Å². The van der Waals surface area contributed by atoms with Crippen LogP contribution in [0.15, 0.2) is 42.5 Å². The van der Waals surface area contributed by atoms with Crippen molar-refractivity contribution in [1.82, 2.24) is 20.2 Å². The third-order valence-electron chi connectivity index (χ3n) is 5.83. The molecule has 0 radical (unpaired) electrons. The molecule has 4 nitrogen and oxygen atoms in total. The molecular formula is C21H23FN4. The number of nitrogens with zero attached hydrogens (tertiary/aromatic N) is 3. The van der Waals surface area contributed by atoms with Gasteiger partial charge in [-0.25, -0.2) is 14.4 Å². The zero-order chi connectivity index (χ0) is 17.5. The van der Waals surface area contributed by atoms with Gasteiger partial charge in [0.25, 0.3) is 0 Å². The van der Waals surface area contributed by atoms with Crippen molar-refractivity contribution >= 4 is 10.9 Å². The highest BCUT2D eigenvalue weighted by Crippen LogP contribution is 2.36. The number of benzene rings is 2. The number of piperidine rings is 1. The Hall–Kier alpha value is -2.24. The van der Waals surface area contributed by atoms with Crippen LogP contribution in [0.4, 0.5) is 4.39 Å². The molecular weight excluding hydrogens is 327 g/mol. The van der Waals surface area contributed by atoms with Gasteiger partial charge in [-0.1, -0.05) is 30.7 Å². The largest absolute Gasteiger partial charge is 0.280 e. The van der Waals surface area contributed by atoms with Gasteiger partial charge in [-0.15, -0.1) is 0 Å². The van der Waals surface area contributed by atoms with Crippen molar-refractivity contribution in [2.45, 2.75) is 38.3 Å². The molecule has 0 aliphatic carbocycles. The summed E-state index contributed by atoms with van der Waals surface area (Å²) in [5.41, 5.74) is 4.74. The molecule has 1 aromatic heterocycles. The van der Waals surface area contributed by atoms with E-state index in [4.69, 9.17) is 0 Å². The molecule has 26 heavy (non-hydrogen) atoms. The summed E-state index contributed by atoms with van der Waals surface area (Å²) in [6.45, 7) is 3.08. The first kappa shape index (κ1) is 16.0. The lowest BCUT2D eigenvalue weighted by molar-refractivity contribution is -0.0908. The Morgan fingerprint density at radius 1 is 1.04 bits per heavy atom. The third-order valence-corrected chi connectivity index (χ3v) is 5.83. The predicted octanol–water partition coefficient (Wildman–Crippen LogP) is 4.20. The van der Waals surface area contributed by atoms with Crippen molar-refractivity contribution in [3.8, 4) is 0 Å². The van der Waals surface area contributed by atoms with Crippen LogP contribution in [-0.2, 0) is 13.0 Å². The summed E-state index contributed by atoms with van der Waals surface area (Å²) >= 11 is 0. The molecule has 5 rings (SSSR count). The molecule has 1 saturated heterocycles. The lowest BCUT2D eigenvalue weighted by Gasteiger charge is -2.44. The molecule has 0 bridgehead atoms. The van der Waals surface area contributed by atoms with Crippen LogP contribution in [0.3, 0.4) is 0 Å². The second-order valence-corrected chi connectivity index (χ2v) is 7.38. The minimum Gasteiger partial charge on any atom is -0.280 e. The number of rotatable bonds is 2. The predicted molar refractivity (Wildman–Crippen MR) is 99.9 cm³/mol. The maximum atomic E-state index is 13.5. The van der Waals surface area contributed by atoms with Gasteiger partial charge >= 0.3 is 0 Å². The van der Waals surface area contributed by atoms with Gasteiger partial charge in [-0.3, -0.25) is 5.10 Å². The Balaban J connectivity index is 1.47. The van der Waals surface area contributed by atoms with Gasteiger partial charge in [0.15, 0.2) is 0 Å². The van der Waals surface area contributed by atoms with Crippen molar-refractivity contribution in [2.24, 2.45) is 0 Å². The highest BCUT2D eigenvalue weighted by Gasteiger charge is 2.32. The van der Waals surface area contributed by atoms with E-state index in [-0.39, 0.29) is 11.9 Å². The molecule has 0 saturated carbocycles. The molecule has 134 valence electrons. The number of hydrogen-bond acceptors (Lipinski definition) is 3. The van der Waals surface area contributed by atoms with E-state index < -0.39 is 0 Å².